The van der Waals surface area contributed by atoms with Crippen molar-refractivity contribution < 1.29 is 4.79 Å². The van der Waals surface area contributed by atoms with Crippen LogP contribution in [0.5, 0.6) is 0 Å². The molecule has 0 bridgehead atoms. The molecule has 2 N–H and O–H groups in total. The van der Waals surface area contributed by atoms with Gasteiger partial charge in [0.1, 0.15) is 0 Å². The van der Waals surface area contributed by atoms with Crippen molar-refractivity contribution in [1.29, 1.82) is 0 Å². The molecule has 0 unspecified atom stereocenters. The Bertz CT molecular complexity index is 225. The molecular formula is C13H27N3O. The summed E-state index contributed by atoms with van der Waals surface area (Å²) in [5.74, 6) is 0.0671. The third kappa shape index (κ3) is 7.13. The normalized spacial score (nSPS) is 11.4. The van der Waals surface area contributed by atoms with Gasteiger partial charge in [-0.2, -0.15) is 0 Å². The van der Waals surface area contributed by atoms with Crippen LogP contribution in [0.1, 0.15) is 27.2 Å². The maximum absolute atomic E-state index is 11.7. The maximum Gasteiger partial charge on any atom is 0.246 e. The molecule has 0 saturated carbocycles. The first kappa shape index (κ1) is 16.1. The highest BCUT2D eigenvalue weighted by Crippen LogP contribution is 1.97. The van der Waals surface area contributed by atoms with Gasteiger partial charge in [-0.15, -0.1) is 0 Å². The van der Waals surface area contributed by atoms with Crippen LogP contribution < -0.4 is 5.73 Å². The summed E-state index contributed by atoms with van der Waals surface area (Å²) in [6.45, 7) is 11.5. The number of carbonyl (C=O) groups excluding carboxylic acids is 1. The van der Waals surface area contributed by atoms with Gasteiger partial charge < -0.3 is 15.5 Å². The van der Waals surface area contributed by atoms with Gasteiger partial charge in [0.2, 0.25) is 5.91 Å². The van der Waals surface area contributed by atoms with E-state index in [1.807, 2.05) is 11.8 Å². The summed E-state index contributed by atoms with van der Waals surface area (Å²) in [6.07, 6.45) is 4.30. The average molecular weight is 241 g/mol. The van der Waals surface area contributed by atoms with Gasteiger partial charge in [0.05, 0.1) is 0 Å². The van der Waals surface area contributed by atoms with E-state index in [2.05, 4.69) is 18.7 Å². The first-order valence-corrected chi connectivity index (χ1v) is 6.57. The fourth-order valence-corrected chi connectivity index (χ4v) is 1.72. The summed E-state index contributed by atoms with van der Waals surface area (Å²) in [7, 11) is 0. The Balaban J connectivity index is 3.97. The summed E-state index contributed by atoms with van der Waals surface area (Å²) in [4.78, 5) is 15.9. The minimum Gasteiger partial charge on any atom is -0.339 e. The topological polar surface area (TPSA) is 49.6 Å². The van der Waals surface area contributed by atoms with E-state index in [0.717, 1.165) is 39.1 Å². The molecule has 0 aromatic rings. The van der Waals surface area contributed by atoms with E-state index in [1.54, 1.807) is 12.2 Å². The van der Waals surface area contributed by atoms with Gasteiger partial charge in [-0.25, -0.2) is 0 Å². The summed E-state index contributed by atoms with van der Waals surface area (Å²) in [5, 5.41) is 0. The van der Waals surface area contributed by atoms with Crippen LogP contribution in [0.15, 0.2) is 12.2 Å². The highest BCUT2D eigenvalue weighted by molar-refractivity contribution is 5.87. The summed E-state index contributed by atoms with van der Waals surface area (Å²) in [5.41, 5.74) is 5.33. The molecule has 0 atom stereocenters. The van der Waals surface area contributed by atoms with Crippen LogP contribution in [0.3, 0.4) is 0 Å². The minimum atomic E-state index is 0.0671. The lowest BCUT2D eigenvalue weighted by Gasteiger charge is -2.22. The van der Waals surface area contributed by atoms with Gasteiger partial charge in [-0.1, -0.05) is 19.9 Å². The van der Waals surface area contributed by atoms with Gasteiger partial charge in [0.15, 0.2) is 0 Å². The van der Waals surface area contributed by atoms with Crippen molar-refractivity contribution in [3.8, 4) is 0 Å². The maximum atomic E-state index is 11.7. The van der Waals surface area contributed by atoms with Crippen molar-refractivity contribution in [3.05, 3.63) is 12.2 Å². The van der Waals surface area contributed by atoms with Crippen molar-refractivity contribution in [2.75, 3.05) is 39.3 Å². The Morgan fingerprint density at radius 3 is 2.24 bits per heavy atom. The van der Waals surface area contributed by atoms with Crippen LogP contribution in [0.25, 0.3) is 0 Å². The summed E-state index contributed by atoms with van der Waals surface area (Å²) < 4.78 is 0. The molecule has 0 fully saturated rings. The lowest BCUT2D eigenvalue weighted by molar-refractivity contribution is -0.125. The van der Waals surface area contributed by atoms with Gasteiger partial charge in [0, 0.05) is 25.7 Å². The smallest absolute Gasteiger partial charge is 0.246 e. The summed E-state index contributed by atoms with van der Waals surface area (Å²) in [6, 6.07) is 0. The molecule has 0 spiro atoms. The zero-order valence-corrected chi connectivity index (χ0v) is 11.5. The zero-order valence-electron chi connectivity index (χ0n) is 11.5. The first-order chi connectivity index (χ1) is 8.19. The second-order valence-corrected chi connectivity index (χ2v) is 3.94. The zero-order chi connectivity index (χ0) is 13.1. The van der Waals surface area contributed by atoms with Crippen molar-refractivity contribution in [2.24, 2.45) is 5.73 Å². The van der Waals surface area contributed by atoms with E-state index in [0.29, 0.717) is 6.54 Å². The Kier molecular flexibility index (Phi) is 9.77. The van der Waals surface area contributed by atoms with E-state index in [4.69, 9.17) is 5.73 Å². The largest absolute Gasteiger partial charge is 0.339 e. The Hall–Kier alpha value is -0.870. The summed E-state index contributed by atoms with van der Waals surface area (Å²) >= 11 is 0. The number of hydrogen-bond donors (Lipinski definition) is 1. The van der Waals surface area contributed by atoms with E-state index in [9.17, 15) is 4.79 Å². The van der Waals surface area contributed by atoms with E-state index >= 15 is 0 Å². The van der Waals surface area contributed by atoms with Gasteiger partial charge >= 0.3 is 0 Å². The number of likely N-dealkylation sites (N-methyl/N-ethyl adjacent to an activating group) is 1. The molecule has 4 heteroatoms. The van der Waals surface area contributed by atoms with Crippen molar-refractivity contribution >= 4 is 5.91 Å². The third-order valence-electron chi connectivity index (χ3n) is 2.89. The first-order valence-electron chi connectivity index (χ1n) is 6.57. The minimum absolute atomic E-state index is 0.0671. The van der Waals surface area contributed by atoms with Crippen molar-refractivity contribution in [2.45, 2.75) is 27.2 Å². The van der Waals surface area contributed by atoms with E-state index in [1.165, 1.54) is 0 Å². The van der Waals surface area contributed by atoms with Crippen molar-refractivity contribution in [3.63, 3.8) is 0 Å². The SMILES string of the molecule is CCN(CC)CCCN(CC)C(=O)/C=C/CN. The van der Waals surface area contributed by atoms with Crippen LogP contribution in [0.2, 0.25) is 0 Å². The third-order valence-corrected chi connectivity index (χ3v) is 2.89. The number of carbonyl (C=O) groups is 1. The molecule has 0 aromatic heterocycles. The van der Waals surface area contributed by atoms with Gasteiger partial charge in [-0.05, 0) is 33.0 Å². The monoisotopic (exact) mass is 241 g/mol. The quantitative estimate of drug-likeness (QED) is 0.615. The van der Waals surface area contributed by atoms with Crippen LogP contribution >= 0.6 is 0 Å². The number of hydrogen-bond acceptors (Lipinski definition) is 3. The van der Waals surface area contributed by atoms with Crippen LogP contribution in [-0.4, -0.2) is 55.0 Å². The van der Waals surface area contributed by atoms with Crippen LogP contribution in [-0.2, 0) is 4.79 Å². The molecule has 0 radical (unpaired) electrons. The van der Waals surface area contributed by atoms with E-state index < -0.39 is 0 Å². The van der Waals surface area contributed by atoms with Gasteiger partial charge in [-0.3, -0.25) is 4.79 Å². The second-order valence-electron chi connectivity index (χ2n) is 3.94. The van der Waals surface area contributed by atoms with E-state index in [-0.39, 0.29) is 5.91 Å². The Labute approximate surface area is 105 Å². The molecule has 0 aliphatic rings. The highest BCUT2D eigenvalue weighted by atomic mass is 16.2. The second kappa shape index (κ2) is 10.3. The van der Waals surface area contributed by atoms with Crippen LogP contribution in [0, 0.1) is 0 Å². The number of nitrogens with zero attached hydrogens (tertiary/aromatic N) is 2. The molecule has 1 amide bonds. The Morgan fingerprint density at radius 2 is 1.76 bits per heavy atom. The predicted molar refractivity (Wildman–Crippen MR) is 72.9 cm³/mol. The molecule has 0 aliphatic heterocycles. The molecular weight excluding hydrogens is 214 g/mol. The molecule has 0 heterocycles. The lowest BCUT2D eigenvalue weighted by Crippen LogP contribution is -2.33. The molecule has 0 aliphatic carbocycles. The van der Waals surface area contributed by atoms with Crippen molar-refractivity contribution in [1.82, 2.24) is 9.80 Å². The number of rotatable bonds is 9. The predicted octanol–water partition coefficient (Wildman–Crippen LogP) is 1.08. The average Bonchev–Trinajstić information content (AvgIpc) is 2.36. The molecule has 100 valence electrons. The standard InChI is InChI=1S/C13H27N3O/c1-4-15(5-2)11-8-12-16(6-3)13(17)9-7-10-14/h7,9H,4-6,8,10-12,14H2,1-3H3/b9-7+. The molecule has 0 rings (SSSR count). The molecule has 4 nitrogen and oxygen atoms in total. The van der Waals surface area contributed by atoms with Gasteiger partial charge in [0.25, 0.3) is 0 Å². The molecule has 0 aromatic carbocycles. The van der Waals surface area contributed by atoms with Crippen LogP contribution in [0.4, 0.5) is 0 Å². The lowest BCUT2D eigenvalue weighted by atomic mass is 10.3. The fourth-order valence-electron chi connectivity index (χ4n) is 1.72. The molecule has 17 heavy (non-hydrogen) atoms. The number of nitrogens with two attached hydrogens (primary N) is 1. The fraction of sp³-hybridized carbons (Fsp3) is 0.769. The molecule has 0 saturated heterocycles. The highest BCUT2D eigenvalue weighted by Gasteiger charge is 2.08. The Morgan fingerprint density at radius 1 is 1.12 bits per heavy atom. The number of amides is 1.